The average Bonchev–Trinajstić information content (AvgIpc) is 2.74. The van der Waals surface area contributed by atoms with E-state index in [0.717, 1.165) is 38.5 Å². The van der Waals surface area contributed by atoms with Gasteiger partial charge in [0.2, 0.25) is 5.91 Å². The molecule has 1 aliphatic carbocycles. The zero-order valence-corrected chi connectivity index (χ0v) is 16.8. The van der Waals surface area contributed by atoms with Crippen LogP contribution in [-0.2, 0) is 4.79 Å². The first-order valence-corrected chi connectivity index (χ1v) is 10.2. The number of hydrogen-bond donors (Lipinski definition) is 2. The Morgan fingerprint density at radius 3 is 2.29 bits per heavy atom. The lowest BCUT2D eigenvalue weighted by molar-refractivity contribution is -0.126. The molecule has 3 rings (SSSR count). The number of amides is 3. The Bertz CT molecular complexity index is 680. The second kappa shape index (κ2) is 9.66. The summed E-state index contributed by atoms with van der Waals surface area (Å²) in [6, 6.07) is 5.33. The fourth-order valence-corrected chi connectivity index (χ4v) is 4.03. The van der Waals surface area contributed by atoms with E-state index in [9.17, 15) is 9.59 Å². The second-order valence-corrected chi connectivity index (χ2v) is 7.60. The molecule has 2 aliphatic rings. The summed E-state index contributed by atoms with van der Waals surface area (Å²) in [5.41, 5.74) is 0.662. The van der Waals surface area contributed by atoms with Crippen molar-refractivity contribution in [1.29, 1.82) is 0 Å². The fraction of sp³-hybridized carbons (Fsp3) is 0.619. The molecule has 1 aromatic rings. The number of anilines is 1. The summed E-state index contributed by atoms with van der Waals surface area (Å²) >= 11 is 0. The van der Waals surface area contributed by atoms with Crippen molar-refractivity contribution in [2.45, 2.75) is 51.0 Å². The summed E-state index contributed by atoms with van der Waals surface area (Å²) in [5.74, 6) is 1.58. The summed E-state index contributed by atoms with van der Waals surface area (Å²) in [4.78, 5) is 26.8. The zero-order chi connectivity index (χ0) is 19.9. The van der Waals surface area contributed by atoms with Crippen molar-refractivity contribution < 1.29 is 19.1 Å². The van der Waals surface area contributed by atoms with Crippen LogP contribution < -0.4 is 20.1 Å². The predicted molar refractivity (Wildman–Crippen MR) is 108 cm³/mol. The van der Waals surface area contributed by atoms with E-state index in [4.69, 9.17) is 9.47 Å². The van der Waals surface area contributed by atoms with Gasteiger partial charge in [-0.1, -0.05) is 19.3 Å². The van der Waals surface area contributed by atoms with Gasteiger partial charge in [0.1, 0.15) is 0 Å². The van der Waals surface area contributed by atoms with Crippen molar-refractivity contribution in [3.63, 3.8) is 0 Å². The number of carbonyl (C=O) groups excluding carboxylic acids is 2. The molecule has 7 nitrogen and oxygen atoms in total. The van der Waals surface area contributed by atoms with Gasteiger partial charge in [-0.25, -0.2) is 4.79 Å². The molecule has 0 radical (unpaired) electrons. The van der Waals surface area contributed by atoms with E-state index < -0.39 is 0 Å². The molecule has 1 aliphatic heterocycles. The number of rotatable bonds is 5. The molecule has 3 amide bonds. The Morgan fingerprint density at radius 2 is 1.64 bits per heavy atom. The maximum Gasteiger partial charge on any atom is 0.321 e. The monoisotopic (exact) mass is 389 g/mol. The number of carbonyl (C=O) groups is 2. The lowest BCUT2D eigenvalue weighted by atomic mass is 9.88. The first-order chi connectivity index (χ1) is 13.6. The summed E-state index contributed by atoms with van der Waals surface area (Å²) in [5, 5.41) is 6.11. The quantitative estimate of drug-likeness (QED) is 0.809. The van der Waals surface area contributed by atoms with Crippen LogP contribution in [0.25, 0.3) is 0 Å². The maximum absolute atomic E-state index is 12.6. The number of methoxy groups -OCH3 is 2. The summed E-state index contributed by atoms with van der Waals surface area (Å²) in [6.45, 7) is 1.27. The molecular formula is C21H31N3O4. The Morgan fingerprint density at radius 1 is 0.964 bits per heavy atom. The molecule has 1 aromatic carbocycles. The van der Waals surface area contributed by atoms with E-state index in [1.165, 1.54) is 6.42 Å². The van der Waals surface area contributed by atoms with E-state index in [1.54, 1.807) is 37.3 Å². The first kappa shape index (κ1) is 20.3. The van der Waals surface area contributed by atoms with E-state index in [0.29, 0.717) is 30.3 Å². The van der Waals surface area contributed by atoms with Crippen LogP contribution >= 0.6 is 0 Å². The standard InChI is InChI=1S/C21H31N3O4/c1-27-18-9-8-17(14-19(18)28-2)23-21(26)24-12-10-16(11-13-24)22-20(25)15-6-4-3-5-7-15/h8-9,14-16H,3-7,10-13H2,1-2H3,(H,22,25)(H,23,26). The minimum Gasteiger partial charge on any atom is -0.493 e. The zero-order valence-electron chi connectivity index (χ0n) is 16.8. The minimum absolute atomic E-state index is 0.135. The minimum atomic E-state index is -0.135. The summed E-state index contributed by atoms with van der Waals surface area (Å²) in [6.07, 6.45) is 7.17. The van der Waals surface area contributed by atoms with Crippen LogP contribution in [0.4, 0.5) is 10.5 Å². The Hall–Kier alpha value is -2.44. The topological polar surface area (TPSA) is 79.9 Å². The van der Waals surface area contributed by atoms with Crippen LogP contribution in [0.15, 0.2) is 18.2 Å². The number of piperidine rings is 1. The highest BCUT2D eigenvalue weighted by atomic mass is 16.5. The van der Waals surface area contributed by atoms with Crippen molar-refractivity contribution in [1.82, 2.24) is 10.2 Å². The highest BCUT2D eigenvalue weighted by Gasteiger charge is 2.27. The van der Waals surface area contributed by atoms with E-state index in [1.807, 2.05) is 0 Å². The molecule has 1 saturated heterocycles. The van der Waals surface area contributed by atoms with Gasteiger partial charge in [-0.3, -0.25) is 4.79 Å². The largest absolute Gasteiger partial charge is 0.493 e. The number of hydrogen-bond acceptors (Lipinski definition) is 4. The number of nitrogens with zero attached hydrogens (tertiary/aromatic N) is 1. The average molecular weight is 389 g/mol. The molecule has 0 aromatic heterocycles. The van der Waals surface area contributed by atoms with Gasteiger partial charge in [-0.15, -0.1) is 0 Å². The molecule has 1 saturated carbocycles. The first-order valence-electron chi connectivity index (χ1n) is 10.2. The Balaban J connectivity index is 1.46. The number of benzene rings is 1. The van der Waals surface area contributed by atoms with Crippen molar-refractivity contribution in [3.8, 4) is 11.5 Å². The van der Waals surface area contributed by atoms with Crippen molar-refractivity contribution in [2.75, 3.05) is 32.6 Å². The van der Waals surface area contributed by atoms with Gasteiger partial charge < -0.3 is 25.0 Å². The molecule has 0 unspecified atom stereocenters. The molecular weight excluding hydrogens is 358 g/mol. The molecule has 2 fully saturated rings. The number of likely N-dealkylation sites (tertiary alicyclic amines) is 1. The van der Waals surface area contributed by atoms with Crippen LogP contribution in [0.2, 0.25) is 0 Å². The van der Waals surface area contributed by atoms with E-state index in [2.05, 4.69) is 10.6 Å². The van der Waals surface area contributed by atoms with Crippen molar-refractivity contribution >= 4 is 17.6 Å². The normalized spacial score (nSPS) is 18.4. The third-order valence-electron chi connectivity index (χ3n) is 5.74. The van der Waals surface area contributed by atoms with Crippen LogP contribution in [0.5, 0.6) is 11.5 Å². The molecule has 0 atom stereocenters. The van der Waals surface area contributed by atoms with Gasteiger partial charge in [0.05, 0.1) is 14.2 Å². The molecule has 154 valence electrons. The maximum atomic E-state index is 12.6. The summed E-state index contributed by atoms with van der Waals surface area (Å²) in [7, 11) is 3.14. The van der Waals surface area contributed by atoms with Crippen LogP contribution in [-0.4, -0.2) is 50.2 Å². The molecule has 7 heteroatoms. The van der Waals surface area contributed by atoms with Gasteiger partial charge >= 0.3 is 6.03 Å². The van der Waals surface area contributed by atoms with Gasteiger partial charge in [0.15, 0.2) is 11.5 Å². The fourth-order valence-electron chi connectivity index (χ4n) is 4.03. The van der Waals surface area contributed by atoms with Gasteiger partial charge in [-0.2, -0.15) is 0 Å². The predicted octanol–water partition coefficient (Wildman–Crippen LogP) is 3.40. The van der Waals surface area contributed by atoms with E-state index in [-0.39, 0.29) is 23.9 Å². The van der Waals surface area contributed by atoms with Crippen LogP contribution in [0.3, 0.4) is 0 Å². The lowest BCUT2D eigenvalue weighted by Gasteiger charge is -2.33. The molecule has 2 N–H and O–H groups in total. The van der Waals surface area contributed by atoms with Crippen molar-refractivity contribution in [3.05, 3.63) is 18.2 Å². The molecule has 1 heterocycles. The Labute approximate surface area is 166 Å². The van der Waals surface area contributed by atoms with E-state index >= 15 is 0 Å². The van der Waals surface area contributed by atoms with Crippen LogP contribution in [0, 0.1) is 5.92 Å². The highest BCUT2D eigenvalue weighted by molar-refractivity contribution is 5.89. The van der Waals surface area contributed by atoms with Crippen molar-refractivity contribution in [2.24, 2.45) is 5.92 Å². The SMILES string of the molecule is COc1ccc(NC(=O)N2CCC(NC(=O)C3CCCCC3)CC2)cc1OC. The smallest absolute Gasteiger partial charge is 0.321 e. The summed E-state index contributed by atoms with van der Waals surface area (Å²) < 4.78 is 10.5. The molecule has 0 bridgehead atoms. The second-order valence-electron chi connectivity index (χ2n) is 7.60. The van der Waals surface area contributed by atoms with Crippen LogP contribution in [0.1, 0.15) is 44.9 Å². The van der Waals surface area contributed by atoms with Gasteiger partial charge in [-0.05, 0) is 37.8 Å². The lowest BCUT2D eigenvalue weighted by Crippen LogP contribution is -2.49. The number of ether oxygens (including phenoxy) is 2. The third kappa shape index (κ3) is 5.09. The third-order valence-corrected chi connectivity index (χ3v) is 5.74. The number of nitrogens with one attached hydrogen (secondary N) is 2. The Kier molecular flexibility index (Phi) is 7.01. The van der Waals surface area contributed by atoms with Gasteiger partial charge in [0.25, 0.3) is 0 Å². The molecule has 28 heavy (non-hydrogen) atoms. The highest BCUT2D eigenvalue weighted by Crippen LogP contribution is 2.30. The van der Waals surface area contributed by atoms with Gasteiger partial charge in [0, 0.05) is 36.8 Å². The molecule has 0 spiro atoms. The number of urea groups is 1.